The van der Waals surface area contributed by atoms with E-state index in [0.29, 0.717) is 0 Å². The van der Waals surface area contributed by atoms with Crippen LogP contribution in [0.2, 0.25) is 0 Å². The van der Waals surface area contributed by atoms with Gasteiger partial charge in [0, 0.05) is 0 Å². The molecule has 0 aromatic carbocycles. The van der Waals surface area contributed by atoms with Crippen molar-refractivity contribution in [3.05, 3.63) is 0 Å². The molecule has 0 aromatic heterocycles. The fourth-order valence-corrected chi connectivity index (χ4v) is 2.50. The molecular formula is C11H24N2. The van der Waals surface area contributed by atoms with E-state index >= 15 is 0 Å². The van der Waals surface area contributed by atoms with Gasteiger partial charge in [-0.2, -0.15) is 0 Å². The van der Waals surface area contributed by atoms with Crippen molar-refractivity contribution in [3.63, 3.8) is 0 Å². The highest BCUT2D eigenvalue weighted by Crippen LogP contribution is 2.45. The third-order valence-electron chi connectivity index (χ3n) is 4.19. The van der Waals surface area contributed by atoms with Crippen molar-refractivity contribution < 1.29 is 0 Å². The summed E-state index contributed by atoms with van der Waals surface area (Å²) in [5.41, 5.74) is 12.0. The average Bonchev–Trinajstić information content (AvgIpc) is 2.10. The Balaban J connectivity index is 2.75. The minimum absolute atomic E-state index is 0.145. The Morgan fingerprint density at radius 2 is 1.92 bits per heavy atom. The van der Waals surface area contributed by atoms with E-state index in [-0.39, 0.29) is 5.41 Å². The van der Waals surface area contributed by atoms with Gasteiger partial charge in [0.2, 0.25) is 0 Å². The molecule has 2 nitrogen and oxygen atoms in total. The van der Waals surface area contributed by atoms with Crippen molar-refractivity contribution in [1.82, 2.24) is 0 Å². The van der Waals surface area contributed by atoms with Crippen LogP contribution in [0.5, 0.6) is 0 Å². The van der Waals surface area contributed by atoms with Crippen molar-refractivity contribution in [2.24, 2.45) is 22.8 Å². The normalized spacial score (nSPS) is 39.0. The lowest BCUT2D eigenvalue weighted by atomic mass is 9.62. The summed E-state index contributed by atoms with van der Waals surface area (Å²) in [6.07, 6.45) is 5.75. The summed E-state index contributed by atoms with van der Waals surface area (Å²) < 4.78 is 0. The Kier molecular flexibility index (Phi) is 3.03. The lowest BCUT2D eigenvalue weighted by molar-refractivity contribution is 0.0449. The summed E-state index contributed by atoms with van der Waals surface area (Å²) in [7, 11) is 0. The third kappa shape index (κ3) is 1.89. The highest BCUT2D eigenvalue weighted by Gasteiger charge is 2.45. The Bertz CT molecular complexity index is 177. The Hall–Kier alpha value is -0.0800. The predicted molar refractivity (Wildman–Crippen MR) is 57.1 cm³/mol. The van der Waals surface area contributed by atoms with Crippen molar-refractivity contribution in [1.29, 1.82) is 0 Å². The maximum Gasteiger partial charge on any atom is 0.0691 e. The predicted octanol–water partition coefficient (Wildman–Crippen LogP) is 2.23. The van der Waals surface area contributed by atoms with Crippen LogP contribution in [0.15, 0.2) is 0 Å². The first-order valence-electron chi connectivity index (χ1n) is 5.53. The molecule has 0 spiro atoms. The number of hydrogen-bond acceptors (Lipinski definition) is 2. The summed E-state index contributed by atoms with van der Waals surface area (Å²) in [5.74, 6) is 0.838. The zero-order chi connectivity index (χ0) is 10.1. The fourth-order valence-electron chi connectivity index (χ4n) is 2.50. The summed E-state index contributed by atoms with van der Waals surface area (Å²) >= 11 is 0. The van der Waals surface area contributed by atoms with Crippen molar-refractivity contribution in [2.45, 2.75) is 58.5 Å². The Morgan fingerprint density at radius 3 is 2.38 bits per heavy atom. The topological polar surface area (TPSA) is 52.0 Å². The second-order valence-corrected chi connectivity index (χ2v) is 4.97. The summed E-state index contributed by atoms with van der Waals surface area (Å²) in [4.78, 5) is 0. The van der Waals surface area contributed by atoms with Gasteiger partial charge in [0.1, 0.15) is 0 Å². The van der Waals surface area contributed by atoms with Gasteiger partial charge in [-0.05, 0) is 37.0 Å². The maximum absolute atomic E-state index is 6.16. The molecule has 0 aliphatic heterocycles. The highest BCUT2D eigenvalue weighted by molar-refractivity contribution is 4.99. The monoisotopic (exact) mass is 184 g/mol. The van der Waals surface area contributed by atoms with Gasteiger partial charge >= 0.3 is 0 Å². The van der Waals surface area contributed by atoms with Gasteiger partial charge in [-0.1, -0.05) is 27.2 Å². The van der Waals surface area contributed by atoms with Gasteiger partial charge in [-0.15, -0.1) is 0 Å². The van der Waals surface area contributed by atoms with E-state index in [1.165, 1.54) is 19.3 Å². The molecule has 1 saturated carbocycles. The molecule has 0 heterocycles. The van der Waals surface area contributed by atoms with E-state index in [9.17, 15) is 0 Å². The Labute approximate surface area is 82.1 Å². The van der Waals surface area contributed by atoms with Gasteiger partial charge < -0.3 is 11.5 Å². The van der Waals surface area contributed by atoms with Crippen LogP contribution < -0.4 is 11.5 Å². The fraction of sp³-hybridized carbons (Fsp3) is 1.00. The zero-order valence-corrected chi connectivity index (χ0v) is 9.27. The summed E-state index contributed by atoms with van der Waals surface area (Å²) in [6.45, 7) is 6.71. The van der Waals surface area contributed by atoms with E-state index in [4.69, 9.17) is 11.5 Å². The van der Waals surface area contributed by atoms with Crippen LogP contribution in [0, 0.1) is 11.3 Å². The molecule has 2 heteroatoms. The molecule has 2 atom stereocenters. The largest absolute Gasteiger partial charge is 0.313 e. The molecule has 1 aliphatic rings. The van der Waals surface area contributed by atoms with E-state index in [1.54, 1.807) is 0 Å². The molecule has 0 amide bonds. The van der Waals surface area contributed by atoms with Crippen LogP contribution in [0.25, 0.3) is 0 Å². The highest BCUT2D eigenvalue weighted by atomic mass is 15.0. The molecular weight excluding hydrogens is 160 g/mol. The van der Waals surface area contributed by atoms with E-state index < -0.39 is 5.66 Å². The number of nitrogens with two attached hydrogens (primary N) is 2. The minimum atomic E-state index is -0.437. The van der Waals surface area contributed by atoms with Crippen molar-refractivity contribution in [3.8, 4) is 0 Å². The lowest BCUT2D eigenvalue weighted by Gasteiger charge is -2.49. The molecule has 1 aliphatic carbocycles. The molecule has 0 saturated heterocycles. The van der Waals surface area contributed by atoms with E-state index in [0.717, 1.165) is 18.8 Å². The zero-order valence-electron chi connectivity index (χ0n) is 9.27. The summed E-state index contributed by atoms with van der Waals surface area (Å²) in [5, 5.41) is 0. The summed E-state index contributed by atoms with van der Waals surface area (Å²) in [6, 6.07) is 0. The standard InChI is InChI=1S/C11H24N2/c1-4-9-6-7-11(12,13)10(3,5-2)8-9/h9H,4-8,12-13H2,1-3H3. The van der Waals surface area contributed by atoms with Gasteiger partial charge in [-0.3, -0.25) is 0 Å². The molecule has 0 bridgehead atoms. The molecule has 0 aromatic rings. The molecule has 0 radical (unpaired) electrons. The number of hydrogen-bond donors (Lipinski definition) is 2. The van der Waals surface area contributed by atoms with E-state index in [2.05, 4.69) is 20.8 Å². The SMILES string of the molecule is CCC1CCC(N)(N)C(C)(CC)C1. The first-order chi connectivity index (χ1) is 5.95. The Morgan fingerprint density at radius 1 is 1.31 bits per heavy atom. The van der Waals surface area contributed by atoms with Crippen LogP contribution in [0.1, 0.15) is 52.9 Å². The van der Waals surface area contributed by atoms with Crippen LogP contribution in [0.4, 0.5) is 0 Å². The quantitative estimate of drug-likeness (QED) is 0.647. The first kappa shape index (κ1) is 11.0. The molecule has 1 rings (SSSR count). The molecule has 78 valence electrons. The molecule has 2 unspecified atom stereocenters. The van der Waals surface area contributed by atoms with Gasteiger partial charge in [0.05, 0.1) is 5.66 Å². The molecule has 4 N–H and O–H groups in total. The van der Waals surface area contributed by atoms with Gasteiger partial charge in [0.25, 0.3) is 0 Å². The molecule has 1 fully saturated rings. The van der Waals surface area contributed by atoms with Crippen molar-refractivity contribution >= 4 is 0 Å². The third-order valence-corrected chi connectivity index (χ3v) is 4.19. The van der Waals surface area contributed by atoms with Gasteiger partial charge in [-0.25, -0.2) is 0 Å². The maximum atomic E-state index is 6.16. The van der Waals surface area contributed by atoms with Crippen LogP contribution >= 0.6 is 0 Å². The number of rotatable bonds is 2. The minimum Gasteiger partial charge on any atom is -0.313 e. The second-order valence-electron chi connectivity index (χ2n) is 4.97. The van der Waals surface area contributed by atoms with Crippen molar-refractivity contribution in [2.75, 3.05) is 0 Å². The first-order valence-corrected chi connectivity index (χ1v) is 5.53. The van der Waals surface area contributed by atoms with E-state index in [1.807, 2.05) is 0 Å². The van der Waals surface area contributed by atoms with Crippen LogP contribution in [-0.4, -0.2) is 5.66 Å². The second kappa shape index (κ2) is 3.58. The van der Waals surface area contributed by atoms with Gasteiger partial charge in [0.15, 0.2) is 0 Å². The average molecular weight is 184 g/mol. The molecule has 13 heavy (non-hydrogen) atoms. The van der Waals surface area contributed by atoms with Crippen LogP contribution in [0.3, 0.4) is 0 Å². The smallest absolute Gasteiger partial charge is 0.0691 e. The lowest BCUT2D eigenvalue weighted by Crippen LogP contribution is -2.63. The van der Waals surface area contributed by atoms with Crippen LogP contribution in [-0.2, 0) is 0 Å².